The van der Waals surface area contributed by atoms with Crippen LogP contribution in [-0.4, -0.2) is 35.3 Å². The highest BCUT2D eigenvalue weighted by Crippen LogP contribution is 1.95. The average molecular weight is 164 g/mol. The van der Waals surface area contributed by atoms with Gasteiger partial charge in [0.1, 0.15) is 11.8 Å². The molecule has 1 heterocycles. The standard InChI is InChI=1S/C8H12N4/c1-11(2)5-6-12-8(7-9)3-4-10-12/h3-4H,5-6H2,1-2H3. The zero-order chi connectivity index (χ0) is 8.97. The molecule has 0 N–H and O–H groups in total. The highest BCUT2D eigenvalue weighted by Gasteiger charge is 1.99. The highest BCUT2D eigenvalue weighted by atomic mass is 15.3. The number of aromatic nitrogens is 2. The summed E-state index contributed by atoms with van der Waals surface area (Å²) < 4.78 is 1.71. The summed E-state index contributed by atoms with van der Waals surface area (Å²) in [5, 5.41) is 12.7. The summed E-state index contributed by atoms with van der Waals surface area (Å²) in [7, 11) is 3.99. The van der Waals surface area contributed by atoms with Crippen molar-refractivity contribution in [3.63, 3.8) is 0 Å². The molecule has 0 bridgehead atoms. The molecule has 0 aliphatic heterocycles. The maximum Gasteiger partial charge on any atom is 0.138 e. The van der Waals surface area contributed by atoms with E-state index in [0.29, 0.717) is 5.69 Å². The Bertz CT molecular complexity index is 281. The van der Waals surface area contributed by atoms with Crippen LogP contribution in [0.2, 0.25) is 0 Å². The molecule has 64 valence electrons. The number of hydrogen-bond donors (Lipinski definition) is 0. The quantitative estimate of drug-likeness (QED) is 0.646. The minimum atomic E-state index is 0.622. The topological polar surface area (TPSA) is 44.9 Å². The fourth-order valence-corrected chi connectivity index (χ4v) is 0.901. The maximum absolute atomic E-state index is 8.65. The molecular weight excluding hydrogens is 152 g/mol. The van der Waals surface area contributed by atoms with E-state index in [9.17, 15) is 0 Å². The third kappa shape index (κ3) is 2.07. The van der Waals surface area contributed by atoms with Crippen LogP contribution in [-0.2, 0) is 6.54 Å². The lowest BCUT2D eigenvalue weighted by Gasteiger charge is -2.09. The Kier molecular flexibility index (Phi) is 2.83. The maximum atomic E-state index is 8.65. The highest BCUT2D eigenvalue weighted by molar-refractivity contribution is 5.18. The van der Waals surface area contributed by atoms with Gasteiger partial charge < -0.3 is 4.90 Å². The molecule has 12 heavy (non-hydrogen) atoms. The molecular formula is C8H12N4. The van der Waals surface area contributed by atoms with Crippen LogP contribution < -0.4 is 0 Å². The van der Waals surface area contributed by atoms with Crippen molar-refractivity contribution < 1.29 is 0 Å². The molecule has 0 saturated heterocycles. The number of rotatable bonds is 3. The molecule has 1 aromatic rings. The first-order chi connectivity index (χ1) is 5.74. The lowest BCUT2D eigenvalue weighted by atomic mass is 10.4. The predicted octanol–water partition coefficient (Wildman–Crippen LogP) is 0.316. The van der Waals surface area contributed by atoms with Crippen molar-refractivity contribution >= 4 is 0 Å². The van der Waals surface area contributed by atoms with E-state index in [1.807, 2.05) is 14.1 Å². The summed E-state index contributed by atoms with van der Waals surface area (Å²) in [5.41, 5.74) is 0.622. The fraction of sp³-hybridized carbons (Fsp3) is 0.500. The van der Waals surface area contributed by atoms with Gasteiger partial charge in [0.15, 0.2) is 0 Å². The van der Waals surface area contributed by atoms with Crippen LogP contribution in [0, 0.1) is 11.3 Å². The third-order valence-corrected chi connectivity index (χ3v) is 1.59. The van der Waals surface area contributed by atoms with Crippen LogP contribution in [0.3, 0.4) is 0 Å². The average Bonchev–Trinajstić information content (AvgIpc) is 2.47. The van der Waals surface area contributed by atoms with E-state index in [0.717, 1.165) is 13.1 Å². The van der Waals surface area contributed by atoms with Gasteiger partial charge in [0.25, 0.3) is 0 Å². The van der Waals surface area contributed by atoms with Gasteiger partial charge in [0, 0.05) is 6.54 Å². The molecule has 0 spiro atoms. The molecule has 1 aromatic heterocycles. The van der Waals surface area contributed by atoms with E-state index in [4.69, 9.17) is 5.26 Å². The molecule has 0 aromatic carbocycles. The lowest BCUT2D eigenvalue weighted by molar-refractivity contribution is 0.372. The van der Waals surface area contributed by atoms with Crippen LogP contribution in [0.5, 0.6) is 0 Å². The zero-order valence-corrected chi connectivity index (χ0v) is 7.36. The largest absolute Gasteiger partial charge is 0.308 e. The monoisotopic (exact) mass is 164 g/mol. The fourth-order valence-electron chi connectivity index (χ4n) is 0.901. The van der Waals surface area contributed by atoms with Gasteiger partial charge in [-0.1, -0.05) is 0 Å². The van der Waals surface area contributed by atoms with E-state index in [2.05, 4.69) is 16.1 Å². The Morgan fingerprint density at radius 1 is 1.67 bits per heavy atom. The molecule has 0 fully saturated rings. The van der Waals surface area contributed by atoms with Crippen molar-refractivity contribution in [3.8, 4) is 6.07 Å². The predicted molar refractivity (Wildman–Crippen MR) is 45.5 cm³/mol. The minimum absolute atomic E-state index is 0.622. The number of nitrogens with zero attached hydrogens (tertiary/aromatic N) is 4. The van der Waals surface area contributed by atoms with Crippen molar-refractivity contribution in [1.29, 1.82) is 5.26 Å². The molecule has 0 atom stereocenters. The second-order valence-corrected chi connectivity index (χ2v) is 2.85. The molecule has 1 rings (SSSR count). The Balaban J connectivity index is 2.58. The van der Waals surface area contributed by atoms with Gasteiger partial charge in [0.2, 0.25) is 0 Å². The summed E-state index contributed by atoms with van der Waals surface area (Å²) >= 11 is 0. The van der Waals surface area contributed by atoms with E-state index >= 15 is 0 Å². The molecule has 4 heteroatoms. The van der Waals surface area contributed by atoms with Crippen molar-refractivity contribution in [2.24, 2.45) is 0 Å². The van der Waals surface area contributed by atoms with Gasteiger partial charge in [0.05, 0.1) is 12.7 Å². The molecule has 0 saturated carbocycles. The van der Waals surface area contributed by atoms with Crippen LogP contribution in [0.15, 0.2) is 12.3 Å². The van der Waals surface area contributed by atoms with E-state index in [-0.39, 0.29) is 0 Å². The first-order valence-corrected chi connectivity index (χ1v) is 3.80. The molecule has 0 radical (unpaired) electrons. The lowest BCUT2D eigenvalue weighted by Crippen LogP contribution is -2.19. The minimum Gasteiger partial charge on any atom is -0.308 e. The summed E-state index contributed by atoms with van der Waals surface area (Å²) in [6.45, 7) is 1.67. The van der Waals surface area contributed by atoms with Crippen molar-refractivity contribution in [2.75, 3.05) is 20.6 Å². The van der Waals surface area contributed by atoms with Gasteiger partial charge in [-0.2, -0.15) is 10.4 Å². The van der Waals surface area contributed by atoms with Crippen LogP contribution in [0.4, 0.5) is 0 Å². The smallest absolute Gasteiger partial charge is 0.138 e. The summed E-state index contributed by atoms with van der Waals surface area (Å²) in [6.07, 6.45) is 1.65. The normalized spacial score (nSPS) is 10.2. The Hall–Kier alpha value is -1.34. The zero-order valence-electron chi connectivity index (χ0n) is 7.36. The van der Waals surface area contributed by atoms with Crippen molar-refractivity contribution in [3.05, 3.63) is 18.0 Å². The molecule has 0 aliphatic rings. The second kappa shape index (κ2) is 3.88. The first-order valence-electron chi connectivity index (χ1n) is 3.80. The molecule has 0 aliphatic carbocycles. The Labute approximate surface area is 72.0 Å². The van der Waals surface area contributed by atoms with E-state index in [1.165, 1.54) is 0 Å². The van der Waals surface area contributed by atoms with Crippen LogP contribution >= 0.6 is 0 Å². The molecule has 4 nitrogen and oxygen atoms in total. The van der Waals surface area contributed by atoms with Gasteiger partial charge in [-0.05, 0) is 20.2 Å². The van der Waals surface area contributed by atoms with Crippen LogP contribution in [0.25, 0.3) is 0 Å². The Morgan fingerprint density at radius 2 is 2.42 bits per heavy atom. The molecule has 0 unspecified atom stereocenters. The first kappa shape index (κ1) is 8.75. The summed E-state index contributed by atoms with van der Waals surface area (Å²) in [4.78, 5) is 2.06. The van der Waals surface area contributed by atoms with Gasteiger partial charge in [-0.3, -0.25) is 4.68 Å². The molecule has 0 amide bonds. The summed E-state index contributed by atoms with van der Waals surface area (Å²) in [5.74, 6) is 0. The Morgan fingerprint density at radius 3 is 3.00 bits per heavy atom. The summed E-state index contributed by atoms with van der Waals surface area (Å²) in [6, 6.07) is 3.80. The third-order valence-electron chi connectivity index (χ3n) is 1.59. The van der Waals surface area contributed by atoms with Gasteiger partial charge >= 0.3 is 0 Å². The van der Waals surface area contributed by atoms with E-state index < -0.39 is 0 Å². The second-order valence-electron chi connectivity index (χ2n) is 2.85. The van der Waals surface area contributed by atoms with E-state index in [1.54, 1.807) is 16.9 Å². The van der Waals surface area contributed by atoms with Crippen molar-refractivity contribution in [2.45, 2.75) is 6.54 Å². The number of likely N-dealkylation sites (N-methyl/N-ethyl adjacent to an activating group) is 1. The van der Waals surface area contributed by atoms with Crippen molar-refractivity contribution in [1.82, 2.24) is 14.7 Å². The SMILES string of the molecule is CN(C)CCn1nccc1C#N. The number of hydrogen-bond acceptors (Lipinski definition) is 3. The van der Waals surface area contributed by atoms with Crippen LogP contribution in [0.1, 0.15) is 5.69 Å². The number of nitriles is 1. The van der Waals surface area contributed by atoms with Gasteiger partial charge in [-0.25, -0.2) is 0 Å². The van der Waals surface area contributed by atoms with Gasteiger partial charge in [-0.15, -0.1) is 0 Å².